The number of hydrogen-bond donors (Lipinski definition) is 2. The highest BCUT2D eigenvalue weighted by Gasteiger charge is 2.27. The van der Waals surface area contributed by atoms with Crippen molar-refractivity contribution in [1.29, 1.82) is 0 Å². The van der Waals surface area contributed by atoms with Gasteiger partial charge in [0, 0.05) is 32.1 Å². The third-order valence-electron chi connectivity index (χ3n) is 6.49. The Hall–Kier alpha value is -3.88. The number of anilines is 1. The van der Waals surface area contributed by atoms with Crippen LogP contribution in [0.15, 0.2) is 59.4 Å². The summed E-state index contributed by atoms with van der Waals surface area (Å²) < 4.78 is 6.68. The Bertz CT molecular complexity index is 1250. The number of aryl methyl sites for hydroxylation is 1. The molecule has 2 N–H and O–H groups in total. The number of piperidine rings is 1. The predicted octanol–water partition coefficient (Wildman–Crippen LogP) is 2.86. The highest BCUT2D eigenvalue weighted by Crippen LogP contribution is 2.19. The van der Waals surface area contributed by atoms with Crippen LogP contribution in [0.5, 0.6) is 0 Å². The van der Waals surface area contributed by atoms with E-state index in [2.05, 4.69) is 15.6 Å². The Balaban J connectivity index is 1.38. The molecule has 0 bridgehead atoms. The number of hydrogen-bond acceptors (Lipinski definition) is 6. The number of ether oxygens (including phenoxy) is 1. The number of methoxy groups -OCH3 is 1. The fourth-order valence-corrected chi connectivity index (χ4v) is 4.64. The van der Waals surface area contributed by atoms with Crippen LogP contribution >= 0.6 is 0 Å². The van der Waals surface area contributed by atoms with Gasteiger partial charge in [-0.25, -0.2) is 14.6 Å². The SMILES string of the molecule is CCCn1c(=O)c(N2CCC(NC(=O)N[C@H](Cc3ccccc3)C(=O)OC)CC2)nc2ccccc21. The van der Waals surface area contributed by atoms with Crippen molar-refractivity contribution in [3.05, 3.63) is 70.5 Å². The molecule has 1 saturated heterocycles. The number of aromatic nitrogens is 2. The molecule has 1 aliphatic heterocycles. The maximum Gasteiger partial charge on any atom is 0.328 e. The highest BCUT2D eigenvalue weighted by molar-refractivity contribution is 5.84. The largest absolute Gasteiger partial charge is 0.467 e. The fraction of sp³-hybridized carbons (Fsp3) is 0.407. The van der Waals surface area contributed by atoms with Gasteiger partial charge in [0.2, 0.25) is 0 Å². The molecule has 1 fully saturated rings. The molecule has 1 aliphatic rings. The van der Waals surface area contributed by atoms with Crippen LogP contribution in [0.2, 0.25) is 0 Å². The molecule has 1 aromatic heterocycles. The average molecular weight is 492 g/mol. The van der Waals surface area contributed by atoms with Crippen molar-refractivity contribution >= 4 is 28.9 Å². The zero-order valence-electron chi connectivity index (χ0n) is 20.8. The highest BCUT2D eigenvalue weighted by atomic mass is 16.5. The Labute approximate surface area is 210 Å². The maximum atomic E-state index is 13.2. The molecular formula is C27H33N5O4. The molecule has 4 rings (SSSR count). The van der Waals surface area contributed by atoms with E-state index in [1.54, 1.807) is 4.57 Å². The third-order valence-corrected chi connectivity index (χ3v) is 6.49. The summed E-state index contributed by atoms with van der Waals surface area (Å²) in [6.45, 7) is 3.88. The summed E-state index contributed by atoms with van der Waals surface area (Å²) in [7, 11) is 1.31. The summed E-state index contributed by atoms with van der Waals surface area (Å²) >= 11 is 0. The monoisotopic (exact) mass is 491 g/mol. The van der Waals surface area contributed by atoms with Gasteiger partial charge >= 0.3 is 12.0 Å². The van der Waals surface area contributed by atoms with Crippen molar-refractivity contribution in [1.82, 2.24) is 20.2 Å². The number of carbonyl (C=O) groups is 2. The second-order valence-electron chi connectivity index (χ2n) is 9.03. The lowest BCUT2D eigenvalue weighted by molar-refractivity contribution is -0.142. The maximum absolute atomic E-state index is 13.2. The molecule has 9 nitrogen and oxygen atoms in total. The second-order valence-corrected chi connectivity index (χ2v) is 9.03. The number of nitrogens with zero attached hydrogens (tertiary/aromatic N) is 3. The topological polar surface area (TPSA) is 106 Å². The standard InChI is InChI=1S/C27H33N5O4/c1-3-15-32-23-12-8-7-11-21(23)29-24(25(32)33)31-16-13-20(14-17-31)28-27(35)30-22(26(34)36-2)18-19-9-5-4-6-10-19/h4-12,20,22H,3,13-18H2,1-2H3,(H2,28,30,35)/t22-/m1/s1. The van der Waals surface area contributed by atoms with Crippen molar-refractivity contribution in [2.45, 2.75) is 51.2 Å². The molecule has 2 heterocycles. The van der Waals surface area contributed by atoms with Crippen molar-refractivity contribution in [2.75, 3.05) is 25.1 Å². The smallest absolute Gasteiger partial charge is 0.328 e. The van der Waals surface area contributed by atoms with Crippen LogP contribution < -0.4 is 21.1 Å². The number of nitrogens with one attached hydrogen (secondary N) is 2. The Morgan fingerprint density at radius 3 is 2.47 bits per heavy atom. The van der Waals surface area contributed by atoms with Crippen LogP contribution in [-0.2, 0) is 22.5 Å². The summed E-state index contributed by atoms with van der Waals surface area (Å²) in [4.78, 5) is 44.8. The van der Waals surface area contributed by atoms with Crippen LogP contribution in [0.3, 0.4) is 0 Å². The zero-order valence-corrected chi connectivity index (χ0v) is 20.8. The summed E-state index contributed by atoms with van der Waals surface area (Å²) in [5, 5.41) is 5.73. The first kappa shape index (κ1) is 25.2. The second kappa shape index (κ2) is 11.7. The number of urea groups is 1. The van der Waals surface area contributed by atoms with Gasteiger partial charge in [0.25, 0.3) is 5.56 Å². The number of esters is 1. The van der Waals surface area contributed by atoms with Gasteiger partial charge in [-0.05, 0) is 37.0 Å². The fourth-order valence-electron chi connectivity index (χ4n) is 4.64. The van der Waals surface area contributed by atoms with E-state index in [0.29, 0.717) is 44.7 Å². The van der Waals surface area contributed by atoms with Gasteiger partial charge < -0.3 is 24.8 Å². The molecule has 2 aromatic carbocycles. The van der Waals surface area contributed by atoms with Gasteiger partial charge in [-0.3, -0.25) is 4.79 Å². The van der Waals surface area contributed by atoms with Crippen molar-refractivity contribution in [3.8, 4) is 0 Å². The molecular weight excluding hydrogens is 458 g/mol. The van der Waals surface area contributed by atoms with Crippen molar-refractivity contribution in [2.24, 2.45) is 0 Å². The van der Waals surface area contributed by atoms with Gasteiger partial charge in [0.1, 0.15) is 6.04 Å². The first-order valence-electron chi connectivity index (χ1n) is 12.4. The van der Waals surface area contributed by atoms with Crippen molar-refractivity contribution in [3.63, 3.8) is 0 Å². The lowest BCUT2D eigenvalue weighted by atomic mass is 10.0. The molecule has 1 atom stereocenters. The van der Waals surface area contributed by atoms with Gasteiger partial charge in [0.05, 0.1) is 18.1 Å². The van der Waals surface area contributed by atoms with E-state index in [0.717, 1.165) is 23.0 Å². The minimum Gasteiger partial charge on any atom is -0.467 e. The predicted molar refractivity (Wildman–Crippen MR) is 139 cm³/mol. The van der Waals surface area contributed by atoms with Gasteiger partial charge in [-0.1, -0.05) is 49.4 Å². The van der Waals surface area contributed by atoms with Crippen LogP contribution in [0.4, 0.5) is 10.6 Å². The normalized spacial score (nSPS) is 14.9. The Morgan fingerprint density at radius 2 is 1.78 bits per heavy atom. The lowest BCUT2D eigenvalue weighted by Crippen LogP contribution is -2.53. The van der Waals surface area contributed by atoms with E-state index in [4.69, 9.17) is 4.74 Å². The van der Waals surface area contributed by atoms with Crippen LogP contribution in [-0.4, -0.2) is 53.8 Å². The van der Waals surface area contributed by atoms with E-state index in [1.807, 2.05) is 66.4 Å². The Morgan fingerprint density at radius 1 is 1.08 bits per heavy atom. The first-order chi connectivity index (χ1) is 17.5. The van der Waals surface area contributed by atoms with Crippen LogP contribution in [0, 0.1) is 0 Å². The van der Waals surface area contributed by atoms with Crippen molar-refractivity contribution < 1.29 is 14.3 Å². The van der Waals surface area contributed by atoms with E-state index < -0.39 is 18.0 Å². The summed E-state index contributed by atoms with van der Waals surface area (Å²) in [5.41, 5.74) is 2.49. The van der Waals surface area contributed by atoms with Gasteiger partial charge in [-0.15, -0.1) is 0 Å². The number of amides is 2. The molecule has 0 unspecified atom stereocenters. The molecule has 0 spiro atoms. The molecule has 36 heavy (non-hydrogen) atoms. The van der Waals surface area contributed by atoms with E-state index >= 15 is 0 Å². The lowest BCUT2D eigenvalue weighted by Gasteiger charge is -2.33. The van der Waals surface area contributed by atoms with E-state index in [-0.39, 0.29) is 11.6 Å². The minimum absolute atomic E-state index is 0.0744. The van der Waals surface area contributed by atoms with E-state index in [1.165, 1.54) is 7.11 Å². The van der Waals surface area contributed by atoms with Crippen LogP contribution in [0.1, 0.15) is 31.7 Å². The molecule has 190 valence electrons. The average Bonchev–Trinajstić information content (AvgIpc) is 2.90. The summed E-state index contributed by atoms with van der Waals surface area (Å²) in [6.07, 6.45) is 2.52. The molecule has 3 aromatic rings. The number of fused-ring (bicyclic) bond motifs is 1. The first-order valence-corrected chi connectivity index (χ1v) is 12.4. The number of carbonyl (C=O) groups excluding carboxylic acids is 2. The zero-order chi connectivity index (χ0) is 25.5. The van der Waals surface area contributed by atoms with Gasteiger partial charge in [-0.2, -0.15) is 0 Å². The van der Waals surface area contributed by atoms with Crippen LogP contribution in [0.25, 0.3) is 11.0 Å². The number of para-hydroxylation sites is 2. The Kier molecular flexibility index (Phi) is 8.20. The third kappa shape index (κ3) is 5.84. The molecule has 0 saturated carbocycles. The molecule has 0 aliphatic carbocycles. The minimum atomic E-state index is -0.781. The summed E-state index contributed by atoms with van der Waals surface area (Å²) in [5.74, 6) is -0.0340. The van der Waals surface area contributed by atoms with Gasteiger partial charge in [0.15, 0.2) is 5.82 Å². The number of rotatable bonds is 8. The molecule has 9 heteroatoms. The molecule has 0 radical (unpaired) electrons. The number of benzene rings is 2. The summed E-state index contributed by atoms with van der Waals surface area (Å²) in [6, 6.07) is 15.9. The molecule has 2 amide bonds. The quantitative estimate of drug-likeness (QED) is 0.470. The van der Waals surface area contributed by atoms with E-state index in [9.17, 15) is 14.4 Å².